The lowest BCUT2D eigenvalue weighted by molar-refractivity contribution is 0.0521. The Hall–Kier alpha value is -3.94. The Kier molecular flexibility index (Phi) is 6.59. The van der Waals surface area contributed by atoms with Crippen molar-refractivity contribution in [2.75, 3.05) is 5.32 Å². The number of fused-ring (bicyclic) bond motifs is 1. The lowest BCUT2D eigenvalue weighted by Gasteiger charge is -2.36. The molecular formula is C28H29F2N7O. The number of rotatable bonds is 5. The van der Waals surface area contributed by atoms with Crippen LogP contribution in [0.4, 0.5) is 20.4 Å². The van der Waals surface area contributed by atoms with Crippen LogP contribution in [-0.2, 0) is 5.41 Å². The van der Waals surface area contributed by atoms with Gasteiger partial charge in [-0.25, -0.2) is 13.8 Å². The van der Waals surface area contributed by atoms with Crippen molar-refractivity contribution in [3.05, 3.63) is 71.7 Å². The van der Waals surface area contributed by atoms with E-state index < -0.39 is 23.2 Å². The molecule has 1 aliphatic rings. The summed E-state index contributed by atoms with van der Waals surface area (Å²) in [4.78, 5) is 8.68. The zero-order valence-corrected chi connectivity index (χ0v) is 21.4. The highest BCUT2D eigenvalue weighted by Gasteiger charge is 2.34. The number of halogens is 2. The van der Waals surface area contributed by atoms with Gasteiger partial charge < -0.3 is 16.2 Å². The minimum Gasteiger partial charge on any atom is -0.391 e. The van der Waals surface area contributed by atoms with E-state index in [0.29, 0.717) is 23.6 Å². The molecule has 3 aromatic heterocycles. The van der Waals surface area contributed by atoms with Gasteiger partial charge in [-0.05, 0) is 80.0 Å². The van der Waals surface area contributed by atoms with Crippen molar-refractivity contribution in [2.45, 2.75) is 57.1 Å². The highest BCUT2D eigenvalue weighted by atomic mass is 19.1. The van der Waals surface area contributed by atoms with Crippen LogP contribution < -0.4 is 11.1 Å². The minimum absolute atomic E-state index is 0.0520. The van der Waals surface area contributed by atoms with Gasteiger partial charge in [-0.1, -0.05) is 6.92 Å². The fraction of sp³-hybridized carbons (Fsp3) is 0.357. The Labute approximate surface area is 219 Å². The van der Waals surface area contributed by atoms with Crippen LogP contribution in [0.25, 0.3) is 16.8 Å². The molecule has 196 valence electrons. The lowest BCUT2D eigenvalue weighted by Crippen LogP contribution is -2.44. The Morgan fingerprint density at radius 3 is 2.58 bits per heavy atom. The Bertz CT molecular complexity index is 1510. The summed E-state index contributed by atoms with van der Waals surface area (Å²) < 4.78 is 31.7. The predicted molar refractivity (Wildman–Crippen MR) is 140 cm³/mol. The molecular weight excluding hydrogens is 488 g/mol. The second-order valence-electron chi connectivity index (χ2n) is 10.6. The average molecular weight is 518 g/mol. The van der Waals surface area contributed by atoms with E-state index in [0.717, 1.165) is 12.0 Å². The third kappa shape index (κ3) is 4.59. The molecule has 1 saturated carbocycles. The van der Waals surface area contributed by atoms with Crippen molar-refractivity contribution in [3.8, 4) is 17.3 Å². The quantitative estimate of drug-likeness (QED) is 0.347. The molecule has 1 aromatic carbocycles. The van der Waals surface area contributed by atoms with Crippen LogP contribution in [0.5, 0.6) is 0 Å². The number of benzene rings is 1. The number of aliphatic hydroxyl groups excluding tert-OH is 1. The number of imidazole rings is 1. The number of pyridine rings is 1. The number of aliphatic hydroxyl groups is 1. The van der Waals surface area contributed by atoms with Crippen molar-refractivity contribution in [3.63, 3.8) is 0 Å². The van der Waals surface area contributed by atoms with Gasteiger partial charge in [0.25, 0.3) is 0 Å². The maximum Gasteiger partial charge on any atom is 0.229 e. The van der Waals surface area contributed by atoms with Gasteiger partial charge in [-0.3, -0.25) is 4.98 Å². The molecule has 10 heteroatoms. The molecule has 4 N–H and O–H groups in total. The van der Waals surface area contributed by atoms with E-state index >= 15 is 8.78 Å². The molecule has 0 radical (unpaired) electrons. The van der Waals surface area contributed by atoms with Crippen molar-refractivity contribution in [2.24, 2.45) is 11.7 Å². The summed E-state index contributed by atoms with van der Waals surface area (Å²) in [6.07, 6.45) is 5.88. The van der Waals surface area contributed by atoms with Crippen LogP contribution in [0.1, 0.15) is 50.7 Å². The van der Waals surface area contributed by atoms with Gasteiger partial charge >= 0.3 is 0 Å². The third-order valence-electron chi connectivity index (χ3n) is 7.46. The van der Waals surface area contributed by atoms with Gasteiger partial charge in [-0.15, -0.1) is 0 Å². The van der Waals surface area contributed by atoms with Crippen LogP contribution in [0, 0.1) is 28.9 Å². The normalized spacial score (nSPS) is 21.8. The molecule has 0 amide bonds. The fourth-order valence-electron chi connectivity index (χ4n) is 5.16. The molecule has 3 heterocycles. The van der Waals surface area contributed by atoms with E-state index in [1.165, 1.54) is 22.7 Å². The number of hydrogen-bond acceptors (Lipinski definition) is 7. The Morgan fingerprint density at radius 2 is 1.89 bits per heavy atom. The summed E-state index contributed by atoms with van der Waals surface area (Å²) in [5.74, 6) is -1.08. The first-order valence-corrected chi connectivity index (χ1v) is 12.5. The zero-order valence-electron chi connectivity index (χ0n) is 21.4. The third-order valence-corrected chi connectivity index (χ3v) is 7.46. The second-order valence-corrected chi connectivity index (χ2v) is 10.6. The monoisotopic (exact) mass is 517 g/mol. The standard InChI is InChI=1S/C28H29F2N7O/c1-15-8-16(9-22(32)26(15)38)19-6-7-33-13-24(19)35-27-34-12-18-4-5-23(36-37(18)27)25-20(29)10-17(11-21(25)30)28(2,3)14-31/h4-7,10-13,15-16,22,26,38H,8-9,32H2,1-3H3,(H,34,35)/t15-,16+,22+,26-/m0/s1. The van der Waals surface area contributed by atoms with Crippen LogP contribution in [0.3, 0.4) is 0 Å². The highest BCUT2D eigenvalue weighted by molar-refractivity contribution is 5.66. The Balaban J connectivity index is 1.51. The summed E-state index contributed by atoms with van der Waals surface area (Å²) in [5.41, 5.74) is 7.55. The summed E-state index contributed by atoms with van der Waals surface area (Å²) in [5, 5.41) is 27.4. The topological polar surface area (TPSA) is 125 Å². The SMILES string of the molecule is C[C@H]1C[C@@H](c2ccncc2Nc2ncc3ccc(-c4c(F)cc(C(C)(C)C#N)cc4F)nn23)C[C@@H](N)[C@H]1O. The molecule has 8 nitrogen and oxygen atoms in total. The Morgan fingerprint density at radius 1 is 1.16 bits per heavy atom. The van der Waals surface area contributed by atoms with Gasteiger partial charge in [0.2, 0.25) is 5.95 Å². The summed E-state index contributed by atoms with van der Waals surface area (Å²) in [7, 11) is 0. The van der Waals surface area contributed by atoms with E-state index in [2.05, 4.69) is 26.5 Å². The number of anilines is 2. The molecule has 0 spiro atoms. The molecule has 0 bridgehead atoms. The molecule has 0 unspecified atom stereocenters. The number of hydrogen-bond donors (Lipinski definition) is 3. The smallest absolute Gasteiger partial charge is 0.229 e. The molecule has 4 aromatic rings. The van der Waals surface area contributed by atoms with Gasteiger partial charge in [0, 0.05) is 12.2 Å². The summed E-state index contributed by atoms with van der Waals surface area (Å²) >= 11 is 0. The predicted octanol–water partition coefficient (Wildman–Crippen LogP) is 4.82. The van der Waals surface area contributed by atoms with E-state index in [9.17, 15) is 10.4 Å². The van der Waals surface area contributed by atoms with Crippen molar-refractivity contribution in [1.82, 2.24) is 19.6 Å². The molecule has 38 heavy (non-hydrogen) atoms. The molecule has 0 aliphatic heterocycles. The van der Waals surface area contributed by atoms with Crippen LogP contribution in [-0.4, -0.2) is 36.8 Å². The van der Waals surface area contributed by atoms with E-state index in [1.807, 2.05) is 13.0 Å². The number of nitrogens with one attached hydrogen (secondary N) is 1. The van der Waals surface area contributed by atoms with E-state index in [1.54, 1.807) is 38.5 Å². The number of nitrogens with two attached hydrogens (primary N) is 1. The summed E-state index contributed by atoms with van der Waals surface area (Å²) in [6.45, 7) is 5.20. The largest absolute Gasteiger partial charge is 0.391 e. The summed E-state index contributed by atoms with van der Waals surface area (Å²) in [6, 6.07) is 9.23. The number of nitrogens with zero attached hydrogens (tertiary/aromatic N) is 5. The fourth-order valence-corrected chi connectivity index (χ4v) is 5.16. The molecule has 4 atom stereocenters. The number of aromatic nitrogens is 4. The maximum absolute atomic E-state index is 15.1. The second kappa shape index (κ2) is 9.74. The van der Waals surface area contributed by atoms with E-state index in [-0.39, 0.29) is 34.7 Å². The first-order chi connectivity index (χ1) is 18.1. The van der Waals surface area contributed by atoms with Crippen molar-refractivity contribution in [1.29, 1.82) is 5.26 Å². The number of nitriles is 1. The van der Waals surface area contributed by atoms with Gasteiger partial charge in [0.15, 0.2) is 0 Å². The van der Waals surface area contributed by atoms with Gasteiger partial charge in [0.05, 0.1) is 52.4 Å². The average Bonchev–Trinajstić information content (AvgIpc) is 3.29. The molecule has 0 saturated heterocycles. The zero-order chi connectivity index (χ0) is 27.2. The first-order valence-electron chi connectivity index (χ1n) is 12.5. The highest BCUT2D eigenvalue weighted by Crippen LogP contribution is 2.39. The van der Waals surface area contributed by atoms with Gasteiger partial charge in [-0.2, -0.15) is 14.9 Å². The van der Waals surface area contributed by atoms with Gasteiger partial charge in [0.1, 0.15) is 11.6 Å². The van der Waals surface area contributed by atoms with E-state index in [4.69, 9.17) is 5.73 Å². The van der Waals surface area contributed by atoms with Crippen LogP contribution in [0.15, 0.2) is 48.9 Å². The van der Waals surface area contributed by atoms with Crippen LogP contribution >= 0.6 is 0 Å². The van der Waals surface area contributed by atoms with Crippen molar-refractivity contribution < 1.29 is 13.9 Å². The molecule has 1 fully saturated rings. The van der Waals surface area contributed by atoms with Crippen molar-refractivity contribution >= 4 is 17.2 Å². The minimum atomic E-state index is -1.04. The first kappa shape index (κ1) is 25.7. The maximum atomic E-state index is 15.1. The lowest BCUT2D eigenvalue weighted by atomic mass is 9.74. The molecule has 1 aliphatic carbocycles. The molecule has 5 rings (SSSR count). The van der Waals surface area contributed by atoms with Crippen LogP contribution in [0.2, 0.25) is 0 Å².